The average Bonchev–Trinajstić information content (AvgIpc) is 3.08. The molecule has 22 heavy (non-hydrogen) atoms. The number of nitrogens with one attached hydrogen (secondary N) is 1. The minimum absolute atomic E-state index is 0.125. The first kappa shape index (κ1) is 15.2. The quantitative estimate of drug-likeness (QED) is 0.845. The van der Waals surface area contributed by atoms with Gasteiger partial charge in [0.05, 0.1) is 18.8 Å². The highest BCUT2D eigenvalue weighted by molar-refractivity contribution is 5.24. The Labute approximate surface area is 131 Å². The Kier molecular flexibility index (Phi) is 4.59. The van der Waals surface area contributed by atoms with Crippen molar-refractivity contribution in [2.45, 2.75) is 52.2 Å². The van der Waals surface area contributed by atoms with E-state index in [2.05, 4.69) is 33.1 Å². The third-order valence-electron chi connectivity index (χ3n) is 4.60. The van der Waals surface area contributed by atoms with Crippen LogP contribution in [0.2, 0.25) is 0 Å². The highest BCUT2D eigenvalue weighted by atomic mass is 16.3. The largest absolute Gasteiger partial charge is 0.394 e. The second kappa shape index (κ2) is 6.62. The van der Waals surface area contributed by atoms with Gasteiger partial charge in [0.25, 0.3) is 0 Å². The fourth-order valence-electron chi connectivity index (χ4n) is 3.37. The van der Waals surface area contributed by atoms with E-state index in [1.807, 2.05) is 17.8 Å². The van der Waals surface area contributed by atoms with E-state index in [-0.39, 0.29) is 6.61 Å². The number of hydrogen-bond donors (Lipinski definition) is 2. The maximum atomic E-state index is 9.08. The van der Waals surface area contributed by atoms with Crippen LogP contribution in [-0.4, -0.2) is 37.6 Å². The van der Waals surface area contributed by atoms with Crippen LogP contribution in [0.25, 0.3) is 0 Å². The van der Waals surface area contributed by atoms with Crippen LogP contribution in [-0.2, 0) is 19.6 Å². The Hall–Kier alpha value is -1.66. The normalized spacial score (nSPS) is 17.7. The van der Waals surface area contributed by atoms with Gasteiger partial charge in [-0.2, -0.15) is 5.10 Å². The maximum absolute atomic E-state index is 9.08. The molecule has 6 heteroatoms. The fourth-order valence-corrected chi connectivity index (χ4v) is 3.37. The molecule has 120 valence electrons. The molecule has 3 heterocycles. The molecule has 1 aliphatic rings. The zero-order valence-electron chi connectivity index (χ0n) is 13.4. The maximum Gasteiger partial charge on any atom is 0.113 e. The molecule has 3 rings (SSSR count). The molecule has 2 aromatic rings. The molecule has 0 radical (unpaired) electrons. The predicted octanol–water partition coefficient (Wildman–Crippen LogP) is 1.36. The highest BCUT2D eigenvalue weighted by Crippen LogP contribution is 2.25. The van der Waals surface area contributed by atoms with Crippen LogP contribution in [0.5, 0.6) is 0 Å². The van der Waals surface area contributed by atoms with Crippen molar-refractivity contribution in [1.82, 2.24) is 24.6 Å². The molecule has 0 fully saturated rings. The average molecular weight is 303 g/mol. The summed E-state index contributed by atoms with van der Waals surface area (Å²) in [6.07, 6.45) is 6.41. The number of rotatable bonds is 6. The van der Waals surface area contributed by atoms with Gasteiger partial charge in [-0.15, -0.1) is 0 Å². The Morgan fingerprint density at radius 1 is 1.41 bits per heavy atom. The number of aliphatic hydroxyl groups is 1. The van der Waals surface area contributed by atoms with E-state index < -0.39 is 0 Å². The lowest BCUT2D eigenvalue weighted by Crippen LogP contribution is -2.26. The van der Waals surface area contributed by atoms with E-state index in [9.17, 15) is 0 Å². The molecule has 2 aromatic heterocycles. The van der Waals surface area contributed by atoms with Gasteiger partial charge in [-0.25, -0.2) is 4.98 Å². The minimum Gasteiger partial charge on any atom is -0.394 e. The summed E-state index contributed by atoms with van der Waals surface area (Å²) >= 11 is 0. The summed E-state index contributed by atoms with van der Waals surface area (Å²) in [6.45, 7) is 7.65. The van der Waals surface area contributed by atoms with Crippen molar-refractivity contribution in [2.24, 2.45) is 0 Å². The minimum atomic E-state index is 0.125. The van der Waals surface area contributed by atoms with E-state index >= 15 is 0 Å². The van der Waals surface area contributed by atoms with E-state index in [1.165, 1.54) is 24.2 Å². The molecule has 0 aliphatic carbocycles. The molecule has 2 N–H and O–H groups in total. The zero-order valence-corrected chi connectivity index (χ0v) is 13.4. The summed E-state index contributed by atoms with van der Waals surface area (Å²) in [5.41, 5.74) is 3.43. The number of fused-ring (bicyclic) bond motifs is 1. The van der Waals surface area contributed by atoms with Crippen molar-refractivity contribution in [3.8, 4) is 0 Å². The molecule has 0 saturated heterocycles. The standard InChI is InChI=1S/C16H25N5O/c1-12-15(13(2)21(19-12)8-9-22)11-17-10-14-4-3-6-20-7-5-18-16(14)20/h5,7,14,17,22H,3-4,6,8-11H2,1-2H3/t14-/m0/s1. The van der Waals surface area contributed by atoms with Gasteiger partial charge in [-0.05, 0) is 26.7 Å². The Balaban J connectivity index is 1.60. The Morgan fingerprint density at radius 3 is 3.09 bits per heavy atom. The van der Waals surface area contributed by atoms with Crippen LogP contribution in [0, 0.1) is 13.8 Å². The number of aliphatic hydroxyl groups excluding tert-OH is 1. The lowest BCUT2D eigenvalue weighted by Gasteiger charge is -2.23. The number of imidazole rings is 1. The van der Waals surface area contributed by atoms with Gasteiger partial charge in [0.1, 0.15) is 5.82 Å². The fraction of sp³-hybridized carbons (Fsp3) is 0.625. The number of nitrogens with zero attached hydrogens (tertiary/aromatic N) is 4. The number of hydrogen-bond acceptors (Lipinski definition) is 4. The van der Waals surface area contributed by atoms with Crippen molar-refractivity contribution < 1.29 is 5.11 Å². The van der Waals surface area contributed by atoms with Gasteiger partial charge in [-0.1, -0.05) is 0 Å². The van der Waals surface area contributed by atoms with Crippen LogP contribution in [0.3, 0.4) is 0 Å². The summed E-state index contributed by atoms with van der Waals surface area (Å²) in [4.78, 5) is 4.51. The molecule has 0 bridgehead atoms. The van der Waals surface area contributed by atoms with Gasteiger partial charge in [-0.3, -0.25) is 4.68 Å². The van der Waals surface area contributed by atoms with Crippen LogP contribution in [0.4, 0.5) is 0 Å². The van der Waals surface area contributed by atoms with Crippen LogP contribution in [0.15, 0.2) is 12.4 Å². The lowest BCUT2D eigenvalue weighted by atomic mass is 9.99. The molecule has 0 aromatic carbocycles. The highest BCUT2D eigenvalue weighted by Gasteiger charge is 2.21. The van der Waals surface area contributed by atoms with Gasteiger partial charge < -0.3 is 15.0 Å². The van der Waals surface area contributed by atoms with E-state index in [1.54, 1.807) is 0 Å². The van der Waals surface area contributed by atoms with E-state index in [0.717, 1.165) is 31.0 Å². The molecule has 1 atom stereocenters. The van der Waals surface area contributed by atoms with Gasteiger partial charge >= 0.3 is 0 Å². The SMILES string of the molecule is Cc1nn(CCO)c(C)c1CNC[C@@H]1CCCn2ccnc21. The molecular weight excluding hydrogens is 278 g/mol. The zero-order chi connectivity index (χ0) is 15.5. The van der Waals surface area contributed by atoms with Crippen molar-refractivity contribution in [1.29, 1.82) is 0 Å². The first-order valence-electron chi connectivity index (χ1n) is 8.06. The Bertz CT molecular complexity index is 631. The molecule has 0 amide bonds. The van der Waals surface area contributed by atoms with Gasteiger partial charge in [0.15, 0.2) is 0 Å². The van der Waals surface area contributed by atoms with Crippen LogP contribution < -0.4 is 5.32 Å². The third-order valence-corrected chi connectivity index (χ3v) is 4.60. The van der Waals surface area contributed by atoms with Gasteiger partial charge in [0, 0.05) is 49.2 Å². The number of aromatic nitrogens is 4. The molecule has 0 spiro atoms. The molecule has 0 saturated carbocycles. The second-order valence-corrected chi connectivity index (χ2v) is 6.05. The van der Waals surface area contributed by atoms with Crippen LogP contribution in [0.1, 0.15) is 41.5 Å². The first-order chi connectivity index (χ1) is 10.7. The summed E-state index contributed by atoms with van der Waals surface area (Å²) in [6, 6.07) is 0. The molecule has 0 unspecified atom stereocenters. The third kappa shape index (κ3) is 2.94. The summed E-state index contributed by atoms with van der Waals surface area (Å²) in [5.74, 6) is 1.71. The second-order valence-electron chi connectivity index (χ2n) is 6.05. The first-order valence-corrected chi connectivity index (χ1v) is 8.06. The van der Waals surface area contributed by atoms with Crippen molar-refractivity contribution >= 4 is 0 Å². The number of aryl methyl sites for hydroxylation is 2. The van der Waals surface area contributed by atoms with Crippen LogP contribution >= 0.6 is 0 Å². The molecule has 1 aliphatic heterocycles. The summed E-state index contributed by atoms with van der Waals surface area (Å²) in [5, 5.41) is 17.1. The molecular formula is C16H25N5O. The van der Waals surface area contributed by atoms with Crippen molar-refractivity contribution in [3.63, 3.8) is 0 Å². The van der Waals surface area contributed by atoms with E-state index in [0.29, 0.717) is 12.5 Å². The summed E-state index contributed by atoms with van der Waals surface area (Å²) in [7, 11) is 0. The Morgan fingerprint density at radius 2 is 2.27 bits per heavy atom. The topological polar surface area (TPSA) is 67.9 Å². The monoisotopic (exact) mass is 303 g/mol. The summed E-state index contributed by atoms with van der Waals surface area (Å²) < 4.78 is 4.16. The smallest absolute Gasteiger partial charge is 0.113 e. The van der Waals surface area contributed by atoms with Crippen molar-refractivity contribution in [3.05, 3.63) is 35.2 Å². The van der Waals surface area contributed by atoms with Crippen molar-refractivity contribution in [2.75, 3.05) is 13.2 Å². The lowest BCUT2D eigenvalue weighted by molar-refractivity contribution is 0.267. The van der Waals surface area contributed by atoms with E-state index in [4.69, 9.17) is 5.11 Å². The van der Waals surface area contributed by atoms with Gasteiger partial charge in [0.2, 0.25) is 0 Å². The predicted molar refractivity (Wildman–Crippen MR) is 84.7 cm³/mol. The molecule has 6 nitrogen and oxygen atoms in total.